The Morgan fingerprint density at radius 3 is 1.46 bits per heavy atom. The molecular weight excluding hydrogens is 464 g/mol. The molecule has 202 valence electrons. The summed E-state index contributed by atoms with van der Waals surface area (Å²) < 4.78 is 29.8. The lowest BCUT2D eigenvalue weighted by atomic mass is 10.0. The maximum Gasteiger partial charge on any atom is 0.135 e. The fraction of sp³-hybridized carbons (Fsp3) is 0.625. The molecule has 2 aliphatic heterocycles. The minimum atomic E-state index is 0.235. The third-order valence-corrected chi connectivity index (χ3v) is 7.59. The minimum Gasteiger partial charge on any atom is -0.490 e. The zero-order valence-electron chi connectivity index (χ0n) is 22.8. The van der Waals surface area contributed by atoms with E-state index in [1.807, 2.05) is 0 Å². The van der Waals surface area contributed by atoms with E-state index >= 15 is 0 Å². The van der Waals surface area contributed by atoms with Gasteiger partial charge in [0.25, 0.3) is 0 Å². The molecule has 0 saturated carbocycles. The van der Waals surface area contributed by atoms with Crippen LogP contribution in [0.1, 0.15) is 89.2 Å². The molecule has 5 heteroatoms. The average molecular weight is 509 g/mol. The van der Waals surface area contributed by atoms with E-state index in [4.69, 9.17) is 23.4 Å². The van der Waals surface area contributed by atoms with Gasteiger partial charge in [0.05, 0.1) is 13.2 Å². The second-order valence-electron chi connectivity index (χ2n) is 10.9. The first-order valence-electron chi connectivity index (χ1n) is 14.8. The van der Waals surface area contributed by atoms with Crippen LogP contribution in [0.2, 0.25) is 0 Å². The number of epoxide rings is 2. The van der Waals surface area contributed by atoms with Crippen LogP contribution in [0, 0.1) is 0 Å². The first-order chi connectivity index (χ1) is 18.2. The van der Waals surface area contributed by atoms with Crippen molar-refractivity contribution >= 4 is 21.9 Å². The molecule has 37 heavy (non-hydrogen) atoms. The van der Waals surface area contributed by atoms with Crippen LogP contribution in [0.15, 0.2) is 28.7 Å². The Labute approximate surface area is 221 Å². The Balaban J connectivity index is 1.41. The largest absolute Gasteiger partial charge is 0.490 e. The molecule has 0 radical (unpaired) electrons. The molecule has 2 aromatic carbocycles. The van der Waals surface area contributed by atoms with Crippen LogP contribution < -0.4 is 9.47 Å². The molecule has 2 atom stereocenters. The van der Waals surface area contributed by atoms with Crippen molar-refractivity contribution in [3.8, 4) is 11.5 Å². The van der Waals surface area contributed by atoms with Gasteiger partial charge in [0.15, 0.2) is 0 Å². The van der Waals surface area contributed by atoms with Gasteiger partial charge in [0.1, 0.15) is 48.1 Å². The standard InChI is InChI=1S/C32H44O5/c1-3-5-7-9-11-13-23-15-31-27(17-29(23)35-21-25-19-33-25)28-18-30(36-22-26-20-34-26)24(16-32(28)37-31)14-12-10-8-6-4-2/h15-18,25-26H,3-14,19-22H2,1-2H3. The Bertz CT molecular complexity index is 1050. The fourth-order valence-corrected chi connectivity index (χ4v) is 5.10. The van der Waals surface area contributed by atoms with Crippen LogP contribution in [-0.4, -0.2) is 38.6 Å². The second kappa shape index (κ2) is 13.0. The molecule has 0 amide bonds. The summed E-state index contributed by atoms with van der Waals surface area (Å²) in [6.45, 7) is 7.35. The van der Waals surface area contributed by atoms with Crippen molar-refractivity contribution in [2.75, 3.05) is 26.4 Å². The molecule has 3 heterocycles. The summed E-state index contributed by atoms with van der Waals surface area (Å²) in [4.78, 5) is 0. The van der Waals surface area contributed by atoms with Crippen molar-refractivity contribution in [2.24, 2.45) is 0 Å². The summed E-state index contributed by atoms with van der Waals surface area (Å²) >= 11 is 0. The van der Waals surface area contributed by atoms with Crippen molar-refractivity contribution in [3.05, 3.63) is 35.4 Å². The van der Waals surface area contributed by atoms with E-state index in [0.29, 0.717) is 13.2 Å². The monoisotopic (exact) mass is 508 g/mol. The molecule has 3 aromatic rings. The Morgan fingerprint density at radius 1 is 0.622 bits per heavy atom. The highest BCUT2D eigenvalue weighted by molar-refractivity contribution is 6.06. The van der Waals surface area contributed by atoms with E-state index in [-0.39, 0.29) is 12.2 Å². The van der Waals surface area contributed by atoms with Gasteiger partial charge in [-0.3, -0.25) is 0 Å². The first-order valence-corrected chi connectivity index (χ1v) is 14.8. The number of fused-ring (bicyclic) bond motifs is 3. The summed E-state index contributed by atoms with van der Waals surface area (Å²) in [7, 11) is 0. The molecule has 0 bridgehead atoms. The van der Waals surface area contributed by atoms with E-state index in [2.05, 4.69) is 38.1 Å². The van der Waals surface area contributed by atoms with Gasteiger partial charge in [-0.2, -0.15) is 0 Å². The maximum atomic E-state index is 6.45. The van der Waals surface area contributed by atoms with E-state index in [1.165, 1.54) is 75.3 Å². The van der Waals surface area contributed by atoms with Gasteiger partial charge in [-0.25, -0.2) is 0 Å². The number of ether oxygens (including phenoxy) is 4. The van der Waals surface area contributed by atoms with Gasteiger partial charge in [0.2, 0.25) is 0 Å². The van der Waals surface area contributed by atoms with Gasteiger partial charge >= 0.3 is 0 Å². The van der Waals surface area contributed by atoms with E-state index < -0.39 is 0 Å². The van der Waals surface area contributed by atoms with Crippen LogP contribution in [0.25, 0.3) is 21.9 Å². The number of benzene rings is 2. The van der Waals surface area contributed by atoms with E-state index in [0.717, 1.165) is 59.5 Å². The molecule has 0 spiro atoms. The molecular formula is C32H44O5. The Kier molecular flexibility index (Phi) is 9.28. The summed E-state index contributed by atoms with van der Waals surface area (Å²) in [5.41, 5.74) is 4.35. The third-order valence-electron chi connectivity index (χ3n) is 7.59. The SMILES string of the molecule is CCCCCCCc1cc2oc3cc(CCCCCCC)c(OCC4CO4)cc3c2cc1OCC1CO1. The van der Waals surface area contributed by atoms with Gasteiger partial charge in [-0.05, 0) is 61.1 Å². The molecule has 2 saturated heterocycles. The summed E-state index contributed by atoms with van der Waals surface area (Å²) in [6, 6.07) is 8.79. The molecule has 5 nitrogen and oxygen atoms in total. The number of hydrogen-bond acceptors (Lipinski definition) is 5. The fourth-order valence-electron chi connectivity index (χ4n) is 5.10. The van der Waals surface area contributed by atoms with E-state index in [1.54, 1.807) is 0 Å². The molecule has 0 N–H and O–H groups in total. The first kappa shape index (κ1) is 26.4. The van der Waals surface area contributed by atoms with Crippen molar-refractivity contribution < 1.29 is 23.4 Å². The van der Waals surface area contributed by atoms with Crippen molar-refractivity contribution in [1.29, 1.82) is 0 Å². The molecule has 1 aromatic heterocycles. The molecule has 2 unspecified atom stereocenters. The summed E-state index contributed by atoms with van der Waals surface area (Å²) in [5, 5.41) is 2.19. The summed E-state index contributed by atoms with van der Waals surface area (Å²) in [5.74, 6) is 1.94. The quantitative estimate of drug-likeness (QED) is 0.128. The number of rotatable bonds is 18. The van der Waals surface area contributed by atoms with Crippen LogP contribution in [0.5, 0.6) is 11.5 Å². The van der Waals surface area contributed by atoms with Gasteiger partial charge < -0.3 is 23.4 Å². The van der Waals surface area contributed by atoms with Crippen LogP contribution >= 0.6 is 0 Å². The number of unbranched alkanes of at least 4 members (excludes halogenated alkanes) is 8. The van der Waals surface area contributed by atoms with Gasteiger partial charge in [0, 0.05) is 10.8 Å². The lowest BCUT2D eigenvalue weighted by Gasteiger charge is -2.12. The topological polar surface area (TPSA) is 56.7 Å². The molecule has 0 aliphatic carbocycles. The highest BCUT2D eigenvalue weighted by Crippen LogP contribution is 2.38. The van der Waals surface area contributed by atoms with Crippen molar-refractivity contribution in [3.63, 3.8) is 0 Å². The average Bonchev–Trinajstić information content (AvgIpc) is 3.84. The zero-order chi connectivity index (χ0) is 25.5. The lowest BCUT2D eigenvalue weighted by molar-refractivity contribution is 0.261. The Hall–Kier alpha value is -2.24. The van der Waals surface area contributed by atoms with Crippen molar-refractivity contribution in [2.45, 2.75) is 103 Å². The van der Waals surface area contributed by atoms with Crippen LogP contribution in [0.3, 0.4) is 0 Å². The second-order valence-corrected chi connectivity index (χ2v) is 10.9. The van der Waals surface area contributed by atoms with Gasteiger partial charge in [-0.1, -0.05) is 65.2 Å². The lowest BCUT2D eigenvalue weighted by Crippen LogP contribution is -2.06. The number of hydrogen-bond donors (Lipinski definition) is 0. The highest BCUT2D eigenvalue weighted by atomic mass is 16.6. The number of furan rings is 1. The van der Waals surface area contributed by atoms with Crippen LogP contribution in [-0.2, 0) is 22.3 Å². The smallest absolute Gasteiger partial charge is 0.135 e. The summed E-state index contributed by atoms with van der Waals surface area (Å²) in [6.07, 6.45) is 15.1. The van der Waals surface area contributed by atoms with E-state index in [9.17, 15) is 0 Å². The molecule has 2 aliphatic rings. The Morgan fingerprint density at radius 2 is 1.05 bits per heavy atom. The maximum absolute atomic E-state index is 6.45. The normalized spacial score (nSPS) is 18.5. The molecule has 2 fully saturated rings. The predicted molar refractivity (Wildman–Crippen MR) is 149 cm³/mol. The molecule has 5 rings (SSSR count). The van der Waals surface area contributed by atoms with Crippen molar-refractivity contribution in [1.82, 2.24) is 0 Å². The predicted octanol–water partition coefficient (Wildman–Crippen LogP) is 8.17. The number of aryl methyl sites for hydroxylation is 2. The van der Waals surface area contributed by atoms with Gasteiger partial charge in [-0.15, -0.1) is 0 Å². The third kappa shape index (κ3) is 7.42. The highest BCUT2D eigenvalue weighted by Gasteiger charge is 2.25. The minimum absolute atomic E-state index is 0.235. The van der Waals surface area contributed by atoms with Crippen LogP contribution in [0.4, 0.5) is 0 Å². The zero-order valence-corrected chi connectivity index (χ0v) is 22.8.